The summed E-state index contributed by atoms with van der Waals surface area (Å²) in [6, 6.07) is 6.93. The van der Waals surface area contributed by atoms with Crippen molar-refractivity contribution in [2.24, 2.45) is 0 Å². The van der Waals surface area contributed by atoms with Gasteiger partial charge in [0, 0.05) is 12.1 Å². The molecule has 2 heterocycles. The third kappa shape index (κ3) is 1.68. The van der Waals surface area contributed by atoms with Crippen LogP contribution in [0.25, 0.3) is 0 Å². The summed E-state index contributed by atoms with van der Waals surface area (Å²) in [5.41, 5.74) is 3.36. The van der Waals surface area contributed by atoms with Crippen LogP contribution in [0.1, 0.15) is 29.3 Å². The first-order chi connectivity index (χ1) is 8.66. The van der Waals surface area contributed by atoms with Crippen molar-refractivity contribution in [3.8, 4) is 0 Å². The van der Waals surface area contributed by atoms with Crippen LogP contribution in [0, 0.1) is 19.7 Å². The third-order valence-corrected chi connectivity index (χ3v) is 3.64. The predicted molar refractivity (Wildman–Crippen MR) is 69.3 cm³/mol. The van der Waals surface area contributed by atoms with Crippen molar-refractivity contribution < 1.29 is 4.39 Å². The van der Waals surface area contributed by atoms with Crippen LogP contribution in [0.5, 0.6) is 0 Å². The first-order valence-corrected chi connectivity index (χ1v) is 6.22. The normalized spacial score (nSPS) is 18.3. The van der Waals surface area contributed by atoms with E-state index in [-0.39, 0.29) is 11.9 Å². The Hall–Kier alpha value is -1.84. The summed E-state index contributed by atoms with van der Waals surface area (Å²) in [6.45, 7) is 5.02. The zero-order valence-electron chi connectivity index (χ0n) is 10.6. The van der Waals surface area contributed by atoms with E-state index in [0.717, 1.165) is 30.0 Å². The average molecular weight is 245 g/mol. The molecule has 4 heteroatoms. The molecule has 0 aliphatic carbocycles. The van der Waals surface area contributed by atoms with Gasteiger partial charge in [-0.05, 0) is 38.0 Å². The van der Waals surface area contributed by atoms with E-state index in [1.54, 1.807) is 0 Å². The van der Waals surface area contributed by atoms with Crippen molar-refractivity contribution in [3.05, 3.63) is 46.9 Å². The zero-order chi connectivity index (χ0) is 12.7. The fraction of sp³-hybridized carbons (Fsp3) is 0.357. The second kappa shape index (κ2) is 4.12. The number of aromatic nitrogens is 2. The Kier molecular flexibility index (Phi) is 2.58. The van der Waals surface area contributed by atoms with E-state index < -0.39 is 0 Å². The lowest BCUT2D eigenvalue weighted by atomic mass is 10.0. The smallest absolute Gasteiger partial charge is 0.128 e. The minimum absolute atomic E-state index is 0.194. The second-order valence-corrected chi connectivity index (χ2v) is 4.79. The van der Waals surface area contributed by atoms with Gasteiger partial charge in [-0.3, -0.25) is 0 Å². The minimum Gasteiger partial charge on any atom is -0.370 e. The van der Waals surface area contributed by atoms with Crippen LogP contribution < -0.4 is 5.32 Å². The Balaban J connectivity index is 2.06. The van der Waals surface area contributed by atoms with Crippen LogP contribution >= 0.6 is 0 Å². The second-order valence-electron chi connectivity index (χ2n) is 4.79. The van der Waals surface area contributed by atoms with Crippen LogP contribution in [0.4, 0.5) is 10.2 Å². The molecule has 94 valence electrons. The van der Waals surface area contributed by atoms with Crippen LogP contribution in [0.3, 0.4) is 0 Å². The average Bonchev–Trinajstić information content (AvgIpc) is 2.67. The molecule has 1 aliphatic heterocycles. The van der Waals surface area contributed by atoms with Crippen molar-refractivity contribution in [2.75, 3.05) is 11.9 Å². The van der Waals surface area contributed by atoms with Gasteiger partial charge < -0.3 is 5.32 Å². The molecule has 0 amide bonds. The summed E-state index contributed by atoms with van der Waals surface area (Å²) in [5, 5.41) is 7.98. The Labute approximate surface area is 106 Å². The molecule has 0 saturated heterocycles. The Bertz CT molecular complexity index is 571. The maximum absolute atomic E-state index is 13.0. The summed E-state index contributed by atoms with van der Waals surface area (Å²) >= 11 is 0. The summed E-state index contributed by atoms with van der Waals surface area (Å²) < 4.78 is 15.0. The lowest BCUT2D eigenvalue weighted by Crippen LogP contribution is -2.24. The van der Waals surface area contributed by atoms with E-state index in [1.165, 1.54) is 17.7 Å². The molecule has 0 fully saturated rings. The van der Waals surface area contributed by atoms with Gasteiger partial charge in [-0.15, -0.1) is 0 Å². The molecule has 1 aromatic carbocycles. The van der Waals surface area contributed by atoms with Gasteiger partial charge in [-0.1, -0.05) is 12.1 Å². The maximum atomic E-state index is 13.0. The summed E-state index contributed by atoms with van der Waals surface area (Å²) in [5.74, 6) is 0.897. The maximum Gasteiger partial charge on any atom is 0.128 e. The van der Waals surface area contributed by atoms with Gasteiger partial charge in [0.1, 0.15) is 11.6 Å². The van der Waals surface area contributed by atoms with E-state index in [0.29, 0.717) is 0 Å². The number of nitrogens with zero attached hydrogens (tertiary/aromatic N) is 2. The van der Waals surface area contributed by atoms with E-state index in [4.69, 9.17) is 0 Å². The molecule has 0 bridgehead atoms. The van der Waals surface area contributed by atoms with Crippen LogP contribution in [0.15, 0.2) is 24.3 Å². The van der Waals surface area contributed by atoms with Gasteiger partial charge >= 0.3 is 0 Å². The van der Waals surface area contributed by atoms with Crippen molar-refractivity contribution >= 4 is 5.82 Å². The topological polar surface area (TPSA) is 29.9 Å². The molecule has 0 spiro atoms. The Morgan fingerprint density at radius 3 is 2.72 bits per heavy atom. The highest BCUT2D eigenvalue weighted by Crippen LogP contribution is 2.32. The highest BCUT2D eigenvalue weighted by atomic mass is 19.1. The van der Waals surface area contributed by atoms with E-state index in [2.05, 4.69) is 17.3 Å². The molecular weight excluding hydrogens is 229 g/mol. The number of anilines is 1. The summed E-state index contributed by atoms with van der Waals surface area (Å²) in [4.78, 5) is 0. The highest BCUT2D eigenvalue weighted by Gasteiger charge is 2.24. The highest BCUT2D eigenvalue weighted by molar-refractivity contribution is 5.49. The number of benzene rings is 1. The lowest BCUT2D eigenvalue weighted by Gasteiger charge is -2.26. The molecule has 2 aromatic rings. The summed E-state index contributed by atoms with van der Waals surface area (Å²) in [7, 11) is 0. The molecule has 1 N–H and O–H groups in total. The number of aryl methyl sites for hydroxylation is 1. The van der Waals surface area contributed by atoms with E-state index in [1.807, 2.05) is 23.7 Å². The van der Waals surface area contributed by atoms with Gasteiger partial charge in [0.2, 0.25) is 0 Å². The monoisotopic (exact) mass is 245 g/mol. The lowest BCUT2D eigenvalue weighted by molar-refractivity contribution is 0.478. The molecule has 1 unspecified atom stereocenters. The Morgan fingerprint density at radius 1 is 1.28 bits per heavy atom. The fourth-order valence-electron chi connectivity index (χ4n) is 2.51. The number of halogens is 1. The predicted octanol–water partition coefficient (Wildman–Crippen LogP) is 3.04. The largest absolute Gasteiger partial charge is 0.370 e. The minimum atomic E-state index is -0.194. The molecule has 0 radical (unpaired) electrons. The molecular formula is C14H16FN3. The molecule has 3 rings (SSSR count). The molecule has 3 nitrogen and oxygen atoms in total. The first-order valence-electron chi connectivity index (χ1n) is 6.22. The molecule has 1 aliphatic rings. The van der Waals surface area contributed by atoms with Crippen molar-refractivity contribution in [2.45, 2.75) is 26.3 Å². The first kappa shape index (κ1) is 11.3. The molecule has 18 heavy (non-hydrogen) atoms. The van der Waals surface area contributed by atoms with Gasteiger partial charge in [0.15, 0.2) is 0 Å². The van der Waals surface area contributed by atoms with Gasteiger partial charge in [0.05, 0.1) is 11.7 Å². The quantitative estimate of drug-likeness (QED) is 0.837. The standard InChI is InChI=1S/C14H16FN3/c1-9-10(2)17-18-13(7-8-16-14(9)18)11-3-5-12(15)6-4-11/h3-6,13,16H,7-8H2,1-2H3. The Morgan fingerprint density at radius 2 is 2.00 bits per heavy atom. The molecule has 1 aromatic heterocycles. The number of fused-ring (bicyclic) bond motifs is 1. The fourth-order valence-corrected chi connectivity index (χ4v) is 2.51. The van der Waals surface area contributed by atoms with Crippen LogP contribution in [-0.2, 0) is 0 Å². The SMILES string of the molecule is Cc1nn2c(c1C)NCCC2c1ccc(F)cc1. The van der Waals surface area contributed by atoms with Crippen molar-refractivity contribution in [1.82, 2.24) is 9.78 Å². The summed E-state index contributed by atoms with van der Waals surface area (Å²) in [6.07, 6.45) is 0.971. The number of hydrogen-bond donors (Lipinski definition) is 1. The van der Waals surface area contributed by atoms with E-state index >= 15 is 0 Å². The van der Waals surface area contributed by atoms with Crippen LogP contribution in [-0.4, -0.2) is 16.3 Å². The number of rotatable bonds is 1. The number of nitrogens with one attached hydrogen (secondary N) is 1. The van der Waals surface area contributed by atoms with Crippen LogP contribution in [0.2, 0.25) is 0 Å². The molecule has 0 saturated carbocycles. The molecule has 1 atom stereocenters. The number of hydrogen-bond acceptors (Lipinski definition) is 2. The van der Waals surface area contributed by atoms with Gasteiger partial charge in [0.25, 0.3) is 0 Å². The van der Waals surface area contributed by atoms with Crippen molar-refractivity contribution in [1.29, 1.82) is 0 Å². The zero-order valence-corrected chi connectivity index (χ0v) is 10.6. The van der Waals surface area contributed by atoms with Crippen molar-refractivity contribution in [3.63, 3.8) is 0 Å². The van der Waals surface area contributed by atoms with E-state index in [9.17, 15) is 4.39 Å². The van der Waals surface area contributed by atoms with Gasteiger partial charge in [-0.25, -0.2) is 9.07 Å². The van der Waals surface area contributed by atoms with Gasteiger partial charge in [-0.2, -0.15) is 5.10 Å². The third-order valence-electron chi connectivity index (χ3n) is 3.64.